The monoisotopic (exact) mass is 329 g/mol. The third-order valence-electron chi connectivity index (χ3n) is 5.80. The third-order valence-corrected chi connectivity index (χ3v) is 5.80. The number of hydrazone groups is 1. The number of carbonyl (C=O) groups is 1. The average Bonchev–Trinajstić information content (AvgIpc) is 2.47. The molecule has 1 aromatic rings. The minimum Gasteiger partial charge on any atom is -0.508 e. The quantitative estimate of drug-likeness (QED) is 0.507. The summed E-state index contributed by atoms with van der Waals surface area (Å²) in [4.78, 5) is 12.2. The van der Waals surface area contributed by atoms with Crippen molar-refractivity contribution in [2.45, 2.75) is 44.1 Å². The first-order valence-electron chi connectivity index (χ1n) is 8.64. The van der Waals surface area contributed by atoms with E-state index >= 15 is 0 Å². The highest BCUT2D eigenvalue weighted by Crippen LogP contribution is 2.55. The number of nitrogens with zero attached hydrogens (tertiary/aromatic N) is 1. The van der Waals surface area contributed by atoms with E-state index in [-0.39, 0.29) is 23.1 Å². The van der Waals surface area contributed by atoms with E-state index in [1.165, 1.54) is 43.7 Å². The van der Waals surface area contributed by atoms with E-state index in [1.807, 2.05) is 0 Å². The van der Waals surface area contributed by atoms with Crippen LogP contribution in [0.15, 0.2) is 23.3 Å². The number of aromatic hydroxyl groups is 2. The molecule has 0 unspecified atom stereocenters. The molecular formula is C18H23N3O3. The number of benzene rings is 1. The molecule has 6 heteroatoms. The Hall–Kier alpha value is -2.24. The van der Waals surface area contributed by atoms with E-state index in [0.29, 0.717) is 5.56 Å². The summed E-state index contributed by atoms with van der Waals surface area (Å²) in [5, 5.41) is 26.0. The number of hydrogen-bond donors (Lipinski definition) is 4. The molecule has 4 N–H and O–H groups in total. The molecule has 6 nitrogen and oxygen atoms in total. The fraction of sp³-hybridized carbons (Fsp3) is 0.556. The predicted molar refractivity (Wildman–Crippen MR) is 89.9 cm³/mol. The zero-order chi connectivity index (χ0) is 16.7. The van der Waals surface area contributed by atoms with Gasteiger partial charge < -0.3 is 15.5 Å². The molecule has 0 spiro atoms. The maximum absolute atomic E-state index is 12.2. The second-order valence-corrected chi connectivity index (χ2v) is 7.77. The molecule has 4 fully saturated rings. The minimum atomic E-state index is -0.286. The van der Waals surface area contributed by atoms with E-state index in [1.54, 1.807) is 0 Å². The Morgan fingerprint density at radius 3 is 2.33 bits per heavy atom. The SMILES string of the molecule is O=C(NN=Cc1ccc(O)cc1O)NC12CC3CC(CC(C3)C1)C2. The molecule has 4 aliphatic rings. The van der Waals surface area contributed by atoms with Crippen molar-refractivity contribution in [3.63, 3.8) is 0 Å². The van der Waals surface area contributed by atoms with Crippen LogP contribution in [0, 0.1) is 17.8 Å². The zero-order valence-corrected chi connectivity index (χ0v) is 13.5. The number of carbonyl (C=O) groups excluding carboxylic acids is 1. The Kier molecular flexibility index (Phi) is 3.62. The van der Waals surface area contributed by atoms with Crippen molar-refractivity contribution >= 4 is 12.2 Å². The van der Waals surface area contributed by atoms with E-state index in [9.17, 15) is 15.0 Å². The van der Waals surface area contributed by atoms with Crippen molar-refractivity contribution in [3.8, 4) is 11.5 Å². The Morgan fingerprint density at radius 2 is 1.75 bits per heavy atom. The van der Waals surface area contributed by atoms with Gasteiger partial charge in [0.1, 0.15) is 11.5 Å². The Morgan fingerprint density at radius 1 is 1.12 bits per heavy atom. The van der Waals surface area contributed by atoms with Crippen LogP contribution in [0.3, 0.4) is 0 Å². The van der Waals surface area contributed by atoms with Crippen molar-refractivity contribution in [1.29, 1.82) is 0 Å². The van der Waals surface area contributed by atoms with Crippen LogP contribution >= 0.6 is 0 Å². The average molecular weight is 329 g/mol. The molecule has 2 amide bonds. The van der Waals surface area contributed by atoms with Gasteiger partial charge in [0.15, 0.2) is 0 Å². The molecule has 0 aliphatic heterocycles. The lowest BCUT2D eigenvalue weighted by Gasteiger charge is -2.56. The molecule has 0 saturated heterocycles. The Balaban J connectivity index is 1.36. The first-order chi connectivity index (χ1) is 11.5. The van der Waals surface area contributed by atoms with Gasteiger partial charge >= 0.3 is 6.03 Å². The number of phenolic OH excluding ortho intramolecular Hbond substituents is 2. The summed E-state index contributed by atoms with van der Waals surface area (Å²) in [7, 11) is 0. The van der Waals surface area contributed by atoms with Crippen LogP contribution in [-0.4, -0.2) is 28.0 Å². The van der Waals surface area contributed by atoms with E-state index in [2.05, 4.69) is 15.8 Å². The van der Waals surface area contributed by atoms with E-state index in [4.69, 9.17) is 0 Å². The molecular weight excluding hydrogens is 306 g/mol. The maximum Gasteiger partial charge on any atom is 0.335 e. The number of hydrogen-bond acceptors (Lipinski definition) is 4. The van der Waals surface area contributed by atoms with Gasteiger partial charge in [0.2, 0.25) is 0 Å². The van der Waals surface area contributed by atoms with Crippen molar-refractivity contribution in [3.05, 3.63) is 23.8 Å². The summed E-state index contributed by atoms with van der Waals surface area (Å²) in [5.74, 6) is 2.22. The van der Waals surface area contributed by atoms with Gasteiger partial charge in [-0.25, -0.2) is 10.2 Å². The molecule has 0 heterocycles. The predicted octanol–water partition coefficient (Wildman–Crippen LogP) is 2.70. The van der Waals surface area contributed by atoms with Crippen molar-refractivity contribution < 1.29 is 15.0 Å². The summed E-state index contributed by atoms with van der Waals surface area (Å²) in [5.41, 5.74) is 2.88. The minimum absolute atomic E-state index is 0.0165. The molecule has 1 aromatic carbocycles. The first kappa shape index (κ1) is 15.3. The van der Waals surface area contributed by atoms with Gasteiger partial charge in [0.05, 0.1) is 6.21 Å². The van der Waals surface area contributed by atoms with E-state index in [0.717, 1.165) is 37.0 Å². The smallest absolute Gasteiger partial charge is 0.335 e. The van der Waals surface area contributed by atoms with Gasteiger partial charge in [-0.15, -0.1) is 0 Å². The summed E-state index contributed by atoms with van der Waals surface area (Å²) >= 11 is 0. The van der Waals surface area contributed by atoms with E-state index < -0.39 is 0 Å². The molecule has 0 aromatic heterocycles. The van der Waals surface area contributed by atoms with Crippen molar-refractivity contribution in [1.82, 2.24) is 10.7 Å². The Bertz CT molecular complexity index is 651. The normalized spacial score (nSPS) is 33.8. The molecule has 24 heavy (non-hydrogen) atoms. The van der Waals surface area contributed by atoms with Gasteiger partial charge in [-0.05, 0) is 68.4 Å². The fourth-order valence-corrected chi connectivity index (χ4v) is 5.33. The lowest BCUT2D eigenvalue weighted by atomic mass is 9.53. The summed E-state index contributed by atoms with van der Waals surface area (Å²) in [6, 6.07) is 3.94. The van der Waals surface area contributed by atoms with Crippen LogP contribution in [0.5, 0.6) is 11.5 Å². The second-order valence-electron chi connectivity index (χ2n) is 7.77. The highest BCUT2D eigenvalue weighted by Gasteiger charge is 2.51. The third kappa shape index (κ3) is 2.92. The molecule has 5 rings (SSSR count). The lowest BCUT2D eigenvalue weighted by Crippen LogP contribution is -2.61. The molecule has 4 saturated carbocycles. The Labute approximate surface area is 141 Å². The van der Waals surface area contributed by atoms with Crippen molar-refractivity contribution in [2.24, 2.45) is 22.9 Å². The standard InChI is InChI=1S/C18H23N3O3/c22-15-2-1-14(16(23)6-15)10-19-21-17(24)20-18-7-11-3-12(8-18)5-13(4-11)9-18/h1-2,6,10-13,22-23H,3-5,7-9H2,(H2,20,21,24). The number of phenols is 2. The van der Waals surface area contributed by atoms with Gasteiger partial charge in [-0.1, -0.05) is 0 Å². The largest absolute Gasteiger partial charge is 0.508 e. The topological polar surface area (TPSA) is 94.0 Å². The van der Waals surface area contributed by atoms with Crippen LogP contribution in [0.25, 0.3) is 0 Å². The molecule has 4 bridgehead atoms. The zero-order valence-electron chi connectivity index (χ0n) is 13.5. The second kappa shape index (κ2) is 5.69. The van der Waals surface area contributed by atoms with Gasteiger partial charge in [-0.2, -0.15) is 5.10 Å². The number of amides is 2. The fourth-order valence-electron chi connectivity index (χ4n) is 5.33. The first-order valence-corrected chi connectivity index (χ1v) is 8.64. The number of nitrogens with one attached hydrogen (secondary N) is 2. The van der Waals surface area contributed by atoms with Crippen LogP contribution in [-0.2, 0) is 0 Å². The van der Waals surface area contributed by atoms with Crippen LogP contribution in [0.2, 0.25) is 0 Å². The van der Waals surface area contributed by atoms with Crippen LogP contribution in [0.4, 0.5) is 4.79 Å². The van der Waals surface area contributed by atoms with Crippen LogP contribution < -0.4 is 10.7 Å². The summed E-state index contributed by atoms with van der Waals surface area (Å²) in [6.45, 7) is 0. The highest BCUT2D eigenvalue weighted by atomic mass is 16.3. The maximum atomic E-state index is 12.2. The van der Waals surface area contributed by atoms with Gasteiger partial charge in [0, 0.05) is 17.2 Å². The molecule has 128 valence electrons. The lowest BCUT2D eigenvalue weighted by molar-refractivity contribution is -0.0135. The van der Waals surface area contributed by atoms with Gasteiger partial charge in [-0.3, -0.25) is 0 Å². The highest BCUT2D eigenvalue weighted by molar-refractivity contribution is 5.85. The number of urea groups is 1. The molecule has 0 radical (unpaired) electrons. The molecule has 0 atom stereocenters. The molecule has 4 aliphatic carbocycles. The van der Waals surface area contributed by atoms with Crippen molar-refractivity contribution in [2.75, 3.05) is 0 Å². The summed E-state index contributed by atoms with van der Waals surface area (Å²) < 4.78 is 0. The summed E-state index contributed by atoms with van der Waals surface area (Å²) in [6.07, 6.45) is 8.65. The van der Waals surface area contributed by atoms with Crippen LogP contribution in [0.1, 0.15) is 44.1 Å². The van der Waals surface area contributed by atoms with Gasteiger partial charge in [0.25, 0.3) is 0 Å². The number of rotatable bonds is 3.